The molecule has 4 rings (SSSR count). The van der Waals surface area contributed by atoms with Gasteiger partial charge in [-0.15, -0.1) is 11.8 Å². The molecule has 2 heterocycles. The molecule has 2 aromatic carbocycles. The average molecular weight is 476 g/mol. The molecule has 5 nitrogen and oxygen atoms in total. The van der Waals surface area contributed by atoms with Gasteiger partial charge < -0.3 is 10.2 Å². The number of piperidine rings is 1. The summed E-state index contributed by atoms with van der Waals surface area (Å²) in [6, 6.07) is 16.1. The lowest BCUT2D eigenvalue weighted by molar-refractivity contribution is -0.113. The van der Waals surface area contributed by atoms with Gasteiger partial charge in [0.2, 0.25) is 0 Å². The van der Waals surface area contributed by atoms with Crippen LogP contribution in [0.4, 0.5) is 5.69 Å². The van der Waals surface area contributed by atoms with Crippen molar-refractivity contribution in [3.8, 4) is 0 Å². The monoisotopic (exact) mass is 475 g/mol. The number of nitrogens with zero attached hydrogens (tertiary/aromatic N) is 2. The number of aryl methyl sites for hydroxylation is 1. The summed E-state index contributed by atoms with van der Waals surface area (Å²) in [5, 5.41) is 4.05. The van der Waals surface area contributed by atoms with Gasteiger partial charge in [-0.05, 0) is 74.0 Å². The topological polar surface area (TPSA) is 61.8 Å². The Kier molecular flexibility index (Phi) is 7.88. The van der Waals surface area contributed by atoms with Crippen molar-refractivity contribution in [1.82, 2.24) is 4.90 Å². The van der Waals surface area contributed by atoms with E-state index >= 15 is 0 Å². The molecule has 1 fully saturated rings. The van der Waals surface area contributed by atoms with Crippen LogP contribution in [0.2, 0.25) is 0 Å². The number of amides is 2. The number of likely N-dealkylation sites (tertiary alicyclic amines) is 1. The summed E-state index contributed by atoms with van der Waals surface area (Å²) in [6.07, 6.45) is 7.44. The summed E-state index contributed by atoms with van der Waals surface area (Å²) in [5.74, 6) is 0.521. The van der Waals surface area contributed by atoms with E-state index < -0.39 is 0 Å². The highest BCUT2D eigenvalue weighted by Crippen LogP contribution is 2.29. The van der Waals surface area contributed by atoms with Crippen LogP contribution in [0, 0.1) is 12.8 Å². The number of carbonyl (C=O) groups excluding carboxylic acids is 2. The third-order valence-corrected chi connectivity index (χ3v) is 7.73. The van der Waals surface area contributed by atoms with Crippen LogP contribution in [0.25, 0.3) is 0 Å². The molecule has 2 aliphatic rings. The van der Waals surface area contributed by atoms with Crippen molar-refractivity contribution in [2.75, 3.05) is 24.7 Å². The number of benzene rings is 2. The van der Waals surface area contributed by atoms with Gasteiger partial charge in [0.15, 0.2) is 0 Å². The third kappa shape index (κ3) is 5.61. The Morgan fingerprint density at radius 1 is 1.06 bits per heavy atom. The average Bonchev–Trinajstić information content (AvgIpc) is 3.06. The Hall–Kier alpha value is -2.86. The van der Waals surface area contributed by atoms with Crippen molar-refractivity contribution in [1.29, 1.82) is 0 Å². The Balaban J connectivity index is 1.44. The predicted molar refractivity (Wildman–Crippen MR) is 142 cm³/mol. The maximum Gasteiger partial charge on any atom is 0.254 e. The van der Waals surface area contributed by atoms with E-state index in [1.54, 1.807) is 18.0 Å². The van der Waals surface area contributed by atoms with Crippen LogP contribution in [0.5, 0.6) is 0 Å². The van der Waals surface area contributed by atoms with E-state index in [4.69, 9.17) is 0 Å². The zero-order valence-electron chi connectivity index (χ0n) is 20.2. The minimum Gasteiger partial charge on any atom is -0.339 e. The number of thioether (sulfide) groups is 1. The summed E-state index contributed by atoms with van der Waals surface area (Å²) in [6.45, 7) is 5.50. The predicted octanol–water partition coefficient (Wildman–Crippen LogP) is 6.03. The molecule has 1 N–H and O–H groups in total. The molecule has 1 unspecified atom stereocenters. The molecule has 0 radical (unpaired) electrons. The van der Waals surface area contributed by atoms with Crippen LogP contribution in [-0.4, -0.2) is 41.1 Å². The highest BCUT2D eigenvalue weighted by atomic mass is 32.2. The first-order valence-corrected chi connectivity index (χ1v) is 13.3. The quantitative estimate of drug-likeness (QED) is 0.587. The van der Waals surface area contributed by atoms with Gasteiger partial charge in [-0.2, -0.15) is 0 Å². The fourth-order valence-corrected chi connectivity index (χ4v) is 5.19. The summed E-state index contributed by atoms with van der Waals surface area (Å²) < 4.78 is 0. The molecule has 178 valence electrons. The smallest absolute Gasteiger partial charge is 0.254 e. The van der Waals surface area contributed by atoms with E-state index in [9.17, 15) is 9.59 Å². The number of carbonyl (C=O) groups is 2. The minimum absolute atomic E-state index is 0.0383. The van der Waals surface area contributed by atoms with Crippen molar-refractivity contribution < 1.29 is 9.59 Å². The fraction of sp³-hybridized carbons (Fsp3) is 0.393. The molecule has 0 spiro atoms. The molecule has 0 aliphatic carbocycles. The van der Waals surface area contributed by atoms with Gasteiger partial charge in [-0.3, -0.25) is 14.6 Å². The second-order valence-corrected chi connectivity index (χ2v) is 10.1. The first-order valence-electron chi connectivity index (χ1n) is 12.0. The van der Waals surface area contributed by atoms with E-state index in [1.807, 2.05) is 42.3 Å². The van der Waals surface area contributed by atoms with E-state index in [2.05, 4.69) is 41.5 Å². The molecule has 0 bridgehead atoms. The van der Waals surface area contributed by atoms with E-state index in [1.165, 1.54) is 5.56 Å². The van der Waals surface area contributed by atoms with Gasteiger partial charge in [0, 0.05) is 36.1 Å². The molecule has 2 amide bonds. The Morgan fingerprint density at radius 3 is 2.50 bits per heavy atom. The molecule has 0 aromatic heterocycles. The van der Waals surface area contributed by atoms with Crippen molar-refractivity contribution in [3.63, 3.8) is 0 Å². The Morgan fingerprint density at radius 2 is 1.79 bits per heavy atom. The Bertz CT molecular complexity index is 1100. The summed E-state index contributed by atoms with van der Waals surface area (Å²) in [5.41, 5.74) is 4.25. The number of hydrogen-bond acceptors (Lipinski definition) is 4. The number of rotatable bonds is 4. The molecular formula is C28H33N3O2S. The second kappa shape index (κ2) is 11.0. The summed E-state index contributed by atoms with van der Waals surface area (Å²) >= 11 is 1.63. The highest BCUT2D eigenvalue weighted by Gasteiger charge is 2.26. The van der Waals surface area contributed by atoms with Crippen LogP contribution in [0.1, 0.15) is 60.0 Å². The SMILES string of the molecule is CSC1=NC=C(C(=O)Nc2ccc(C)c(C(=O)N3CCC(c4ccccc4)CC3)c2)C(C)CC1. The van der Waals surface area contributed by atoms with E-state index in [0.29, 0.717) is 22.7 Å². The van der Waals surface area contributed by atoms with Crippen molar-refractivity contribution >= 4 is 34.3 Å². The molecule has 2 aliphatic heterocycles. The fourth-order valence-electron chi connectivity index (χ4n) is 4.71. The molecule has 34 heavy (non-hydrogen) atoms. The molecule has 0 saturated carbocycles. The van der Waals surface area contributed by atoms with Crippen LogP contribution >= 0.6 is 11.8 Å². The maximum absolute atomic E-state index is 13.4. The summed E-state index contributed by atoms with van der Waals surface area (Å²) in [4.78, 5) is 32.8. The normalized spacial score (nSPS) is 19.1. The number of hydrogen-bond donors (Lipinski definition) is 1. The number of aliphatic imine (C=N–C) groups is 1. The minimum atomic E-state index is -0.149. The Labute approximate surface area is 206 Å². The lowest BCUT2D eigenvalue weighted by atomic mass is 9.89. The maximum atomic E-state index is 13.4. The van der Waals surface area contributed by atoms with Gasteiger partial charge in [0.05, 0.1) is 5.04 Å². The van der Waals surface area contributed by atoms with Gasteiger partial charge in [0.25, 0.3) is 11.8 Å². The zero-order chi connectivity index (χ0) is 24.1. The van der Waals surface area contributed by atoms with Crippen LogP contribution < -0.4 is 5.32 Å². The van der Waals surface area contributed by atoms with Gasteiger partial charge >= 0.3 is 0 Å². The molecule has 1 atom stereocenters. The van der Waals surface area contributed by atoms with Crippen molar-refractivity contribution in [2.24, 2.45) is 10.9 Å². The third-order valence-electron chi connectivity index (χ3n) is 6.95. The van der Waals surface area contributed by atoms with Crippen molar-refractivity contribution in [2.45, 2.75) is 45.4 Å². The molecule has 1 saturated heterocycles. The lowest BCUT2D eigenvalue weighted by Gasteiger charge is -2.32. The largest absolute Gasteiger partial charge is 0.339 e. The second-order valence-electron chi connectivity index (χ2n) is 9.21. The number of nitrogens with one attached hydrogen (secondary N) is 1. The van der Waals surface area contributed by atoms with Gasteiger partial charge in [-0.25, -0.2) is 0 Å². The van der Waals surface area contributed by atoms with Gasteiger partial charge in [-0.1, -0.05) is 43.3 Å². The van der Waals surface area contributed by atoms with Crippen LogP contribution in [-0.2, 0) is 4.79 Å². The zero-order valence-corrected chi connectivity index (χ0v) is 21.0. The standard InChI is InChI=1S/C28H33N3O2S/c1-19-9-11-23(30-27(32)25-18-29-26(34-3)12-10-20(25)2)17-24(19)28(33)31-15-13-22(14-16-31)21-7-5-4-6-8-21/h4-9,11,17-18,20,22H,10,12-16H2,1-3H3,(H,30,32). The first kappa shape index (κ1) is 24.3. The number of anilines is 1. The van der Waals surface area contributed by atoms with Gasteiger partial charge in [0.1, 0.15) is 0 Å². The van der Waals surface area contributed by atoms with Crippen LogP contribution in [0.3, 0.4) is 0 Å². The van der Waals surface area contributed by atoms with E-state index in [-0.39, 0.29) is 17.7 Å². The lowest BCUT2D eigenvalue weighted by Crippen LogP contribution is -2.38. The molecule has 2 aromatic rings. The van der Waals surface area contributed by atoms with E-state index in [0.717, 1.165) is 49.4 Å². The van der Waals surface area contributed by atoms with Crippen molar-refractivity contribution in [3.05, 3.63) is 77.0 Å². The van der Waals surface area contributed by atoms with Crippen LogP contribution in [0.15, 0.2) is 65.3 Å². The first-order chi connectivity index (χ1) is 16.5. The highest BCUT2D eigenvalue weighted by molar-refractivity contribution is 8.13. The molecular weight excluding hydrogens is 442 g/mol. The summed E-state index contributed by atoms with van der Waals surface area (Å²) in [7, 11) is 0. The molecule has 6 heteroatoms.